The summed E-state index contributed by atoms with van der Waals surface area (Å²) in [6.07, 6.45) is 6.53. The van der Waals surface area contributed by atoms with Gasteiger partial charge in [-0.05, 0) is 66.8 Å². The van der Waals surface area contributed by atoms with E-state index in [1.54, 1.807) is 11.1 Å². The van der Waals surface area contributed by atoms with Gasteiger partial charge in [0.2, 0.25) is 0 Å². The molecule has 0 unspecified atom stereocenters. The third kappa shape index (κ3) is 2.75. The van der Waals surface area contributed by atoms with Crippen LogP contribution in [0.4, 0.5) is 0 Å². The SMILES string of the molecule is Cc1ccc(CNC2CC2)c(-c2ccc3c(c2)CCC3)c1. The summed E-state index contributed by atoms with van der Waals surface area (Å²) in [7, 11) is 0. The topological polar surface area (TPSA) is 12.0 Å². The van der Waals surface area contributed by atoms with Crippen LogP contribution in [0.15, 0.2) is 36.4 Å². The van der Waals surface area contributed by atoms with Gasteiger partial charge < -0.3 is 5.32 Å². The van der Waals surface area contributed by atoms with Gasteiger partial charge in [-0.1, -0.05) is 42.0 Å². The van der Waals surface area contributed by atoms with Crippen LogP contribution in [0.2, 0.25) is 0 Å². The van der Waals surface area contributed by atoms with Gasteiger partial charge in [0.15, 0.2) is 0 Å². The number of nitrogens with one attached hydrogen (secondary N) is 1. The van der Waals surface area contributed by atoms with Crippen molar-refractivity contribution in [3.63, 3.8) is 0 Å². The molecule has 2 aliphatic rings. The molecule has 1 fully saturated rings. The quantitative estimate of drug-likeness (QED) is 0.873. The molecule has 2 aromatic rings. The first kappa shape index (κ1) is 13.1. The Hall–Kier alpha value is -1.60. The van der Waals surface area contributed by atoms with Gasteiger partial charge in [-0.15, -0.1) is 0 Å². The summed E-state index contributed by atoms with van der Waals surface area (Å²) >= 11 is 0. The summed E-state index contributed by atoms with van der Waals surface area (Å²) in [6.45, 7) is 3.19. The van der Waals surface area contributed by atoms with Gasteiger partial charge in [0.05, 0.1) is 0 Å². The van der Waals surface area contributed by atoms with Crippen molar-refractivity contribution in [3.05, 3.63) is 58.7 Å². The van der Waals surface area contributed by atoms with Gasteiger partial charge in [-0.2, -0.15) is 0 Å². The fourth-order valence-corrected chi connectivity index (χ4v) is 3.39. The van der Waals surface area contributed by atoms with E-state index in [2.05, 4.69) is 48.6 Å². The largest absolute Gasteiger partial charge is 0.310 e. The fraction of sp³-hybridized carbons (Fsp3) is 0.400. The van der Waals surface area contributed by atoms with Crippen LogP contribution in [0.25, 0.3) is 11.1 Å². The Kier molecular flexibility index (Phi) is 3.31. The average molecular weight is 277 g/mol. The summed E-state index contributed by atoms with van der Waals surface area (Å²) in [6, 6.07) is 14.7. The van der Waals surface area contributed by atoms with E-state index in [1.807, 2.05) is 0 Å². The van der Waals surface area contributed by atoms with Crippen LogP contribution >= 0.6 is 0 Å². The van der Waals surface area contributed by atoms with E-state index in [0.717, 1.165) is 12.6 Å². The second-order valence-corrected chi connectivity index (χ2v) is 6.65. The molecule has 0 aromatic heterocycles. The Morgan fingerprint density at radius 1 is 1.00 bits per heavy atom. The summed E-state index contributed by atoms with van der Waals surface area (Å²) in [5, 5.41) is 3.65. The molecule has 0 radical (unpaired) electrons. The van der Waals surface area contributed by atoms with Crippen LogP contribution in [0.5, 0.6) is 0 Å². The third-order valence-corrected chi connectivity index (χ3v) is 4.83. The number of hydrogen-bond donors (Lipinski definition) is 1. The Bertz CT molecular complexity index is 668. The average Bonchev–Trinajstić information content (AvgIpc) is 3.21. The van der Waals surface area contributed by atoms with Crippen LogP contribution in [0.1, 0.15) is 41.5 Å². The van der Waals surface area contributed by atoms with Gasteiger partial charge in [0.1, 0.15) is 0 Å². The molecule has 2 aliphatic carbocycles. The zero-order chi connectivity index (χ0) is 14.2. The van der Waals surface area contributed by atoms with Crippen molar-refractivity contribution in [1.29, 1.82) is 0 Å². The zero-order valence-electron chi connectivity index (χ0n) is 12.8. The van der Waals surface area contributed by atoms with Crippen molar-refractivity contribution in [3.8, 4) is 11.1 Å². The minimum absolute atomic E-state index is 0.763. The second kappa shape index (κ2) is 5.31. The Morgan fingerprint density at radius 3 is 2.71 bits per heavy atom. The van der Waals surface area contributed by atoms with Crippen LogP contribution in [-0.4, -0.2) is 6.04 Å². The molecule has 1 heteroatoms. The number of aryl methyl sites for hydroxylation is 3. The summed E-state index contributed by atoms with van der Waals surface area (Å²) < 4.78 is 0. The Labute approximate surface area is 127 Å². The molecular formula is C20H23N. The van der Waals surface area contributed by atoms with Crippen molar-refractivity contribution in [2.24, 2.45) is 0 Å². The molecule has 4 rings (SSSR count). The summed E-state index contributed by atoms with van der Waals surface area (Å²) in [5.74, 6) is 0. The maximum atomic E-state index is 3.65. The Morgan fingerprint density at radius 2 is 1.86 bits per heavy atom. The van der Waals surface area contributed by atoms with Gasteiger partial charge in [0, 0.05) is 12.6 Å². The highest BCUT2D eigenvalue weighted by Crippen LogP contribution is 2.31. The standard InChI is InChI=1S/C20H23N/c1-14-5-6-18(13-21-19-9-10-19)20(11-14)17-8-7-15-3-2-4-16(15)12-17/h5-8,11-12,19,21H,2-4,9-10,13H2,1H3. The summed E-state index contributed by atoms with van der Waals surface area (Å²) in [5.41, 5.74) is 8.72. The maximum Gasteiger partial charge on any atom is 0.0214 e. The van der Waals surface area contributed by atoms with E-state index < -0.39 is 0 Å². The van der Waals surface area contributed by atoms with Gasteiger partial charge in [-0.25, -0.2) is 0 Å². The van der Waals surface area contributed by atoms with Crippen LogP contribution in [-0.2, 0) is 19.4 Å². The molecule has 0 heterocycles. The van der Waals surface area contributed by atoms with E-state index in [-0.39, 0.29) is 0 Å². The molecule has 108 valence electrons. The number of benzene rings is 2. The molecule has 2 aromatic carbocycles. The van der Waals surface area contributed by atoms with E-state index in [1.165, 1.54) is 54.4 Å². The van der Waals surface area contributed by atoms with E-state index in [9.17, 15) is 0 Å². The molecule has 0 saturated heterocycles. The molecule has 0 atom stereocenters. The molecule has 1 N–H and O–H groups in total. The van der Waals surface area contributed by atoms with Crippen molar-refractivity contribution >= 4 is 0 Å². The molecule has 0 bridgehead atoms. The number of fused-ring (bicyclic) bond motifs is 1. The van der Waals surface area contributed by atoms with Gasteiger partial charge in [0.25, 0.3) is 0 Å². The molecule has 1 nitrogen and oxygen atoms in total. The zero-order valence-corrected chi connectivity index (χ0v) is 12.8. The van der Waals surface area contributed by atoms with Gasteiger partial charge in [-0.3, -0.25) is 0 Å². The molecule has 21 heavy (non-hydrogen) atoms. The van der Waals surface area contributed by atoms with Crippen molar-refractivity contribution in [2.75, 3.05) is 0 Å². The lowest BCUT2D eigenvalue weighted by atomic mass is 9.95. The first-order valence-corrected chi connectivity index (χ1v) is 8.25. The minimum Gasteiger partial charge on any atom is -0.310 e. The van der Waals surface area contributed by atoms with E-state index in [4.69, 9.17) is 0 Å². The van der Waals surface area contributed by atoms with Crippen LogP contribution in [0.3, 0.4) is 0 Å². The highest BCUT2D eigenvalue weighted by Gasteiger charge is 2.20. The molecule has 1 saturated carbocycles. The highest BCUT2D eigenvalue weighted by molar-refractivity contribution is 5.69. The van der Waals surface area contributed by atoms with Crippen LogP contribution in [0, 0.1) is 6.92 Å². The lowest BCUT2D eigenvalue weighted by molar-refractivity contribution is 0.688. The monoisotopic (exact) mass is 277 g/mol. The van der Waals surface area contributed by atoms with Crippen molar-refractivity contribution in [2.45, 2.75) is 51.6 Å². The highest BCUT2D eigenvalue weighted by atomic mass is 14.9. The number of hydrogen-bond acceptors (Lipinski definition) is 1. The van der Waals surface area contributed by atoms with Crippen LogP contribution < -0.4 is 5.32 Å². The van der Waals surface area contributed by atoms with E-state index in [0.29, 0.717) is 0 Å². The number of rotatable bonds is 4. The van der Waals surface area contributed by atoms with Crippen molar-refractivity contribution < 1.29 is 0 Å². The molecule has 0 aliphatic heterocycles. The summed E-state index contributed by atoms with van der Waals surface area (Å²) in [4.78, 5) is 0. The second-order valence-electron chi connectivity index (χ2n) is 6.65. The predicted molar refractivity (Wildman–Crippen MR) is 88.5 cm³/mol. The Balaban J connectivity index is 1.69. The first-order valence-electron chi connectivity index (χ1n) is 8.25. The predicted octanol–water partition coefficient (Wildman–Crippen LogP) is 4.40. The lowest BCUT2D eigenvalue weighted by Gasteiger charge is -2.13. The normalized spacial score (nSPS) is 17.0. The maximum absolute atomic E-state index is 3.65. The minimum atomic E-state index is 0.763. The lowest BCUT2D eigenvalue weighted by Crippen LogP contribution is -2.15. The fourth-order valence-electron chi connectivity index (χ4n) is 3.39. The smallest absolute Gasteiger partial charge is 0.0214 e. The first-order chi connectivity index (χ1) is 10.3. The third-order valence-electron chi connectivity index (χ3n) is 4.83. The van der Waals surface area contributed by atoms with Crippen molar-refractivity contribution in [1.82, 2.24) is 5.32 Å². The molecule has 0 amide bonds. The molecular weight excluding hydrogens is 254 g/mol. The van der Waals surface area contributed by atoms with Gasteiger partial charge >= 0.3 is 0 Å². The van der Waals surface area contributed by atoms with E-state index >= 15 is 0 Å². The molecule has 0 spiro atoms.